The molecule has 0 amide bonds. The molecule has 3 heteroatoms. The summed E-state index contributed by atoms with van der Waals surface area (Å²) in [5.41, 5.74) is 9.61. The number of nitrogens with two attached hydrogens (primary N) is 1. The fourth-order valence-electron chi connectivity index (χ4n) is 2.05. The predicted octanol–water partition coefficient (Wildman–Crippen LogP) is 0.667. The van der Waals surface area contributed by atoms with Crippen molar-refractivity contribution in [1.82, 2.24) is 4.90 Å². The Morgan fingerprint density at radius 3 is 3.00 bits per heavy atom. The van der Waals surface area contributed by atoms with Gasteiger partial charge in [0.2, 0.25) is 0 Å². The molecule has 0 fully saturated rings. The van der Waals surface area contributed by atoms with Gasteiger partial charge in [0.05, 0.1) is 12.6 Å². The van der Waals surface area contributed by atoms with Crippen LogP contribution < -0.4 is 5.73 Å². The normalized spacial score (nSPS) is 18.6. The Balaban J connectivity index is 2.26. The monoisotopic (exact) mass is 206 g/mol. The summed E-state index contributed by atoms with van der Waals surface area (Å²) in [6.07, 6.45) is 1.08. The van der Waals surface area contributed by atoms with Crippen molar-refractivity contribution in [3.8, 4) is 0 Å². The van der Waals surface area contributed by atoms with Gasteiger partial charge in [0.25, 0.3) is 0 Å². The van der Waals surface area contributed by atoms with E-state index in [4.69, 9.17) is 10.8 Å². The Morgan fingerprint density at radius 1 is 1.47 bits per heavy atom. The lowest BCUT2D eigenvalue weighted by Crippen LogP contribution is -2.27. The number of aliphatic hydroxyl groups is 1. The average molecular weight is 206 g/mol. The second-order valence-corrected chi connectivity index (χ2v) is 4.30. The molecule has 1 aliphatic rings. The van der Waals surface area contributed by atoms with Crippen LogP contribution in [0.4, 0.5) is 0 Å². The zero-order chi connectivity index (χ0) is 10.8. The SMILES string of the molecule is CN1CCc2cc(C(N)CO)ccc2C1. The fraction of sp³-hybridized carbons (Fsp3) is 0.500. The van der Waals surface area contributed by atoms with Crippen LogP contribution in [0.3, 0.4) is 0 Å². The maximum atomic E-state index is 9.00. The Hall–Kier alpha value is -0.900. The number of hydrogen-bond donors (Lipinski definition) is 2. The molecular weight excluding hydrogens is 188 g/mol. The van der Waals surface area contributed by atoms with Crippen LogP contribution in [0.1, 0.15) is 22.7 Å². The summed E-state index contributed by atoms with van der Waals surface area (Å²) in [5, 5.41) is 9.00. The molecule has 1 aliphatic heterocycles. The van der Waals surface area contributed by atoms with E-state index in [1.54, 1.807) is 0 Å². The third-order valence-electron chi connectivity index (χ3n) is 3.06. The lowest BCUT2D eigenvalue weighted by Gasteiger charge is -2.25. The third kappa shape index (κ3) is 2.20. The Labute approximate surface area is 90.5 Å². The molecule has 15 heavy (non-hydrogen) atoms. The minimum Gasteiger partial charge on any atom is -0.394 e. The van der Waals surface area contributed by atoms with Gasteiger partial charge < -0.3 is 15.7 Å². The Bertz CT molecular complexity index is 351. The van der Waals surface area contributed by atoms with Crippen molar-refractivity contribution in [3.05, 3.63) is 34.9 Å². The first-order valence-electron chi connectivity index (χ1n) is 5.37. The van der Waals surface area contributed by atoms with E-state index in [2.05, 4.69) is 24.1 Å². The Kier molecular flexibility index (Phi) is 3.05. The van der Waals surface area contributed by atoms with Crippen molar-refractivity contribution in [2.24, 2.45) is 5.73 Å². The quantitative estimate of drug-likeness (QED) is 0.747. The van der Waals surface area contributed by atoms with Crippen LogP contribution in [0.15, 0.2) is 18.2 Å². The molecule has 1 unspecified atom stereocenters. The van der Waals surface area contributed by atoms with Gasteiger partial charge in [-0.1, -0.05) is 18.2 Å². The first kappa shape index (κ1) is 10.6. The molecule has 3 nitrogen and oxygen atoms in total. The van der Waals surface area contributed by atoms with Crippen molar-refractivity contribution < 1.29 is 5.11 Å². The number of fused-ring (bicyclic) bond motifs is 1. The van der Waals surface area contributed by atoms with Gasteiger partial charge in [-0.25, -0.2) is 0 Å². The van der Waals surface area contributed by atoms with Crippen LogP contribution in [-0.2, 0) is 13.0 Å². The zero-order valence-corrected chi connectivity index (χ0v) is 9.11. The van der Waals surface area contributed by atoms with E-state index < -0.39 is 0 Å². The predicted molar refractivity (Wildman–Crippen MR) is 60.5 cm³/mol. The highest BCUT2D eigenvalue weighted by atomic mass is 16.3. The molecule has 82 valence electrons. The van der Waals surface area contributed by atoms with Crippen molar-refractivity contribution in [3.63, 3.8) is 0 Å². The highest BCUT2D eigenvalue weighted by molar-refractivity contribution is 5.35. The van der Waals surface area contributed by atoms with Gasteiger partial charge in [-0.05, 0) is 30.2 Å². The van der Waals surface area contributed by atoms with Crippen LogP contribution in [0.2, 0.25) is 0 Å². The summed E-state index contributed by atoms with van der Waals surface area (Å²) in [6.45, 7) is 2.13. The van der Waals surface area contributed by atoms with Gasteiger partial charge in [0.15, 0.2) is 0 Å². The summed E-state index contributed by atoms with van der Waals surface area (Å²) in [5.74, 6) is 0. The van der Waals surface area contributed by atoms with Crippen LogP contribution in [0, 0.1) is 0 Å². The van der Waals surface area contributed by atoms with Crippen LogP contribution in [0.25, 0.3) is 0 Å². The van der Waals surface area contributed by atoms with Crippen molar-refractivity contribution in [2.75, 3.05) is 20.2 Å². The van der Waals surface area contributed by atoms with Gasteiger partial charge in [-0.3, -0.25) is 0 Å². The van der Waals surface area contributed by atoms with E-state index in [1.165, 1.54) is 11.1 Å². The van der Waals surface area contributed by atoms with Crippen molar-refractivity contribution >= 4 is 0 Å². The molecular formula is C12H18N2O. The molecule has 1 atom stereocenters. The van der Waals surface area contributed by atoms with E-state index in [0.29, 0.717) is 0 Å². The smallest absolute Gasteiger partial charge is 0.0624 e. The van der Waals surface area contributed by atoms with Crippen molar-refractivity contribution in [2.45, 2.75) is 19.0 Å². The summed E-state index contributed by atoms with van der Waals surface area (Å²) < 4.78 is 0. The maximum Gasteiger partial charge on any atom is 0.0624 e. The molecule has 1 aromatic carbocycles. The van der Waals surface area contributed by atoms with Crippen LogP contribution in [-0.4, -0.2) is 30.2 Å². The molecule has 0 saturated carbocycles. The molecule has 0 bridgehead atoms. The molecule has 1 aromatic rings. The van der Waals surface area contributed by atoms with E-state index >= 15 is 0 Å². The van der Waals surface area contributed by atoms with Gasteiger partial charge in [0, 0.05) is 13.1 Å². The average Bonchev–Trinajstić information content (AvgIpc) is 2.27. The fourth-order valence-corrected chi connectivity index (χ4v) is 2.05. The summed E-state index contributed by atoms with van der Waals surface area (Å²) in [6, 6.07) is 6.06. The number of likely N-dealkylation sites (N-methyl/N-ethyl adjacent to an activating group) is 1. The third-order valence-corrected chi connectivity index (χ3v) is 3.06. The van der Waals surface area contributed by atoms with Crippen LogP contribution in [0.5, 0.6) is 0 Å². The molecule has 0 radical (unpaired) electrons. The number of nitrogens with zero attached hydrogens (tertiary/aromatic N) is 1. The largest absolute Gasteiger partial charge is 0.394 e. The van der Waals surface area contributed by atoms with Crippen molar-refractivity contribution in [1.29, 1.82) is 0 Å². The maximum absolute atomic E-state index is 9.00. The number of rotatable bonds is 2. The van der Waals surface area contributed by atoms with Gasteiger partial charge in [0.1, 0.15) is 0 Å². The zero-order valence-electron chi connectivity index (χ0n) is 9.11. The lowest BCUT2D eigenvalue weighted by molar-refractivity contribution is 0.267. The number of benzene rings is 1. The number of hydrogen-bond acceptors (Lipinski definition) is 3. The molecule has 0 aromatic heterocycles. The molecule has 3 N–H and O–H groups in total. The minimum atomic E-state index is -0.241. The van der Waals surface area contributed by atoms with E-state index in [0.717, 1.165) is 25.1 Å². The van der Waals surface area contributed by atoms with Gasteiger partial charge >= 0.3 is 0 Å². The highest BCUT2D eigenvalue weighted by Gasteiger charge is 2.14. The summed E-state index contributed by atoms with van der Waals surface area (Å²) in [4.78, 5) is 2.31. The van der Waals surface area contributed by atoms with Gasteiger partial charge in [-0.2, -0.15) is 0 Å². The minimum absolute atomic E-state index is 0.0126. The van der Waals surface area contributed by atoms with E-state index in [1.807, 2.05) is 6.07 Å². The highest BCUT2D eigenvalue weighted by Crippen LogP contribution is 2.21. The summed E-state index contributed by atoms with van der Waals surface area (Å²) in [7, 11) is 2.14. The molecule has 1 heterocycles. The molecule has 0 saturated heterocycles. The second kappa shape index (κ2) is 4.31. The summed E-state index contributed by atoms with van der Waals surface area (Å²) >= 11 is 0. The molecule has 0 spiro atoms. The topological polar surface area (TPSA) is 49.5 Å². The Morgan fingerprint density at radius 2 is 2.27 bits per heavy atom. The first-order valence-corrected chi connectivity index (χ1v) is 5.37. The lowest BCUT2D eigenvalue weighted by atomic mass is 9.95. The van der Waals surface area contributed by atoms with Crippen LogP contribution >= 0.6 is 0 Å². The van der Waals surface area contributed by atoms with Gasteiger partial charge in [-0.15, -0.1) is 0 Å². The van der Waals surface area contributed by atoms with E-state index in [-0.39, 0.29) is 12.6 Å². The first-order chi connectivity index (χ1) is 7.20. The standard InChI is InChI=1S/C12H18N2O/c1-14-5-4-9-6-10(12(13)8-15)2-3-11(9)7-14/h2-3,6,12,15H,4-5,7-8,13H2,1H3. The molecule has 2 rings (SSSR count). The second-order valence-electron chi connectivity index (χ2n) is 4.30. The number of aliphatic hydroxyl groups excluding tert-OH is 1. The molecule has 0 aliphatic carbocycles. The van der Waals surface area contributed by atoms with E-state index in [9.17, 15) is 0 Å².